The normalized spacial score (nSPS) is 15.9. The van der Waals surface area contributed by atoms with Gasteiger partial charge in [-0.25, -0.2) is 0 Å². The van der Waals surface area contributed by atoms with Gasteiger partial charge in [-0.2, -0.15) is 0 Å². The second kappa shape index (κ2) is 6.04. The Bertz CT molecular complexity index is 209. The van der Waals surface area contributed by atoms with E-state index < -0.39 is 14.4 Å². The van der Waals surface area contributed by atoms with E-state index in [4.69, 9.17) is 16.0 Å². The lowest BCUT2D eigenvalue weighted by Crippen LogP contribution is -2.42. The Balaban J connectivity index is 4.04. The number of hydrogen-bond acceptors (Lipinski definition) is 2. The van der Waals surface area contributed by atoms with Crippen LogP contribution in [-0.2, 0) is 4.43 Å². The predicted molar refractivity (Wildman–Crippen MR) is 68.8 cm³/mol. The van der Waals surface area contributed by atoms with E-state index in [-0.39, 0.29) is 5.04 Å². The van der Waals surface area contributed by atoms with E-state index >= 15 is 0 Å². The van der Waals surface area contributed by atoms with Crippen LogP contribution in [0.1, 0.15) is 27.2 Å². The summed E-state index contributed by atoms with van der Waals surface area (Å²) in [7, 11) is -1.72. The van der Waals surface area contributed by atoms with E-state index in [1.54, 1.807) is 6.08 Å². The quantitative estimate of drug-likeness (QED) is 0.757. The molecule has 2 nitrogen and oxygen atoms in total. The van der Waals surface area contributed by atoms with Gasteiger partial charge in [0.25, 0.3) is 0 Å². The molecular weight excluding hydrogens is 228 g/mol. The molecule has 0 heterocycles. The third-order valence-electron chi connectivity index (χ3n) is 2.94. The van der Waals surface area contributed by atoms with Gasteiger partial charge in [0.15, 0.2) is 8.32 Å². The zero-order chi connectivity index (χ0) is 12.1. The molecule has 15 heavy (non-hydrogen) atoms. The molecule has 0 aliphatic carbocycles. The number of rotatable bonds is 5. The summed E-state index contributed by atoms with van der Waals surface area (Å²) in [5.41, 5.74) is 1.43. The molecule has 0 radical (unpaired) electrons. The smallest absolute Gasteiger partial charge is 0.192 e. The molecule has 0 rings (SSSR count). The third-order valence-corrected chi connectivity index (χ3v) is 7.62. The molecule has 1 N–H and O–H groups in total. The van der Waals surface area contributed by atoms with Crippen molar-refractivity contribution in [2.75, 3.05) is 6.61 Å². The Morgan fingerprint density at radius 2 is 1.93 bits per heavy atom. The molecule has 0 saturated heterocycles. The van der Waals surface area contributed by atoms with Gasteiger partial charge < -0.3 is 9.53 Å². The maximum absolute atomic E-state index is 9.60. The van der Waals surface area contributed by atoms with Gasteiger partial charge in [-0.15, -0.1) is 0 Å². The van der Waals surface area contributed by atoms with Crippen molar-refractivity contribution in [2.24, 2.45) is 0 Å². The van der Waals surface area contributed by atoms with E-state index in [1.807, 2.05) is 0 Å². The molecule has 0 aliphatic rings. The van der Waals surface area contributed by atoms with Crippen molar-refractivity contribution < 1.29 is 9.53 Å². The highest BCUT2D eigenvalue weighted by Gasteiger charge is 2.37. The average Bonchev–Trinajstić information content (AvgIpc) is 2.09. The minimum absolute atomic E-state index is 0.190. The van der Waals surface area contributed by atoms with E-state index in [1.165, 1.54) is 5.54 Å². The summed E-state index contributed by atoms with van der Waals surface area (Å²) in [6.07, 6.45) is 1.84. The first-order valence-corrected chi connectivity index (χ1v) is 8.62. The fraction of sp³-hybridized carbons (Fsp3) is 0.818. The molecule has 4 heteroatoms. The lowest BCUT2D eigenvalue weighted by atomic mass is 10.2. The van der Waals surface area contributed by atoms with Crippen molar-refractivity contribution in [1.82, 2.24) is 0 Å². The van der Waals surface area contributed by atoms with Crippen molar-refractivity contribution >= 4 is 19.9 Å². The van der Waals surface area contributed by atoms with Gasteiger partial charge in [0.05, 0.1) is 12.7 Å². The maximum Gasteiger partial charge on any atom is 0.192 e. The van der Waals surface area contributed by atoms with Gasteiger partial charge in [0.2, 0.25) is 0 Å². The molecule has 0 bridgehead atoms. The predicted octanol–water partition coefficient (Wildman–Crippen LogP) is 3.51. The van der Waals surface area contributed by atoms with Crippen LogP contribution in [0.5, 0.6) is 0 Å². The number of aliphatic hydroxyl groups excluding tert-OH is 1. The van der Waals surface area contributed by atoms with Crippen molar-refractivity contribution in [3.63, 3.8) is 0 Å². The van der Waals surface area contributed by atoms with Gasteiger partial charge >= 0.3 is 0 Å². The Hall–Kier alpha value is 0.167. The molecule has 1 atom stereocenters. The highest BCUT2D eigenvalue weighted by molar-refractivity contribution is 6.74. The number of aliphatic hydroxyl groups is 1. The molecule has 0 aromatic rings. The SMILES string of the molecule is CC(C)(C)[Si](C)(C)OC[C@@H](O)C/C=C/Cl. The highest BCUT2D eigenvalue weighted by Crippen LogP contribution is 2.36. The molecule has 90 valence electrons. The first-order chi connectivity index (χ1) is 6.70. The summed E-state index contributed by atoms with van der Waals surface area (Å²) in [6, 6.07) is 0. The van der Waals surface area contributed by atoms with Crippen molar-refractivity contribution in [3.8, 4) is 0 Å². The Morgan fingerprint density at radius 1 is 1.40 bits per heavy atom. The molecule has 0 aromatic heterocycles. The van der Waals surface area contributed by atoms with Gasteiger partial charge in [-0.05, 0) is 24.6 Å². The van der Waals surface area contributed by atoms with Crippen LogP contribution in [0.3, 0.4) is 0 Å². The fourth-order valence-corrected chi connectivity index (χ4v) is 1.94. The summed E-state index contributed by atoms with van der Waals surface area (Å²) in [5, 5.41) is 9.79. The van der Waals surface area contributed by atoms with Gasteiger partial charge in [0, 0.05) is 5.54 Å². The topological polar surface area (TPSA) is 29.5 Å². The minimum Gasteiger partial charge on any atom is -0.414 e. The summed E-state index contributed by atoms with van der Waals surface area (Å²) >= 11 is 5.38. The monoisotopic (exact) mass is 250 g/mol. The standard InChI is InChI=1S/C11H23ClO2Si/c1-11(2,3)15(4,5)14-9-10(13)7-6-8-12/h6,8,10,13H,7,9H2,1-5H3/b8-6+/t10-/m0/s1. The van der Waals surface area contributed by atoms with Crippen LogP contribution < -0.4 is 0 Å². The summed E-state index contributed by atoms with van der Waals surface area (Å²) in [5.74, 6) is 0. The fourth-order valence-electron chi connectivity index (χ4n) is 0.798. The van der Waals surface area contributed by atoms with Crippen LogP contribution >= 0.6 is 11.6 Å². The first kappa shape index (κ1) is 15.2. The first-order valence-electron chi connectivity index (χ1n) is 5.28. The lowest BCUT2D eigenvalue weighted by molar-refractivity contribution is 0.102. The zero-order valence-electron chi connectivity index (χ0n) is 10.4. The highest BCUT2D eigenvalue weighted by atomic mass is 35.5. The molecule has 0 aliphatic heterocycles. The van der Waals surface area contributed by atoms with Crippen LogP contribution in [0, 0.1) is 0 Å². The number of hydrogen-bond donors (Lipinski definition) is 1. The van der Waals surface area contributed by atoms with E-state index in [9.17, 15) is 5.11 Å². The largest absolute Gasteiger partial charge is 0.414 e. The minimum atomic E-state index is -1.72. The van der Waals surface area contributed by atoms with Gasteiger partial charge in [-0.3, -0.25) is 0 Å². The molecule has 0 saturated carbocycles. The Labute approximate surface area is 99.4 Å². The zero-order valence-corrected chi connectivity index (χ0v) is 12.1. The van der Waals surface area contributed by atoms with Crippen molar-refractivity contribution in [2.45, 2.75) is 51.4 Å². The van der Waals surface area contributed by atoms with Gasteiger partial charge in [-0.1, -0.05) is 38.4 Å². The second-order valence-electron chi connectivity index (χ2n) is 5.32. The second-order valence-corrected chi connectivity index (χ2v) is 10.4. The van der Waals surface area contributed by atoms with Crippen molar-refractivity contribution in [3.05, 3.63) is 11.6 Å². The molecule has 0 amide bonds. The van der Waals surface area contributed by atoms with Crippen molar-refractivity contribution in [1.29, 1.82) is 0 Å². The van der Waals surface area contributed by atoms with Gasteiger partial charge in [0.1, 0.15) is 0 Å². The summed E-state index contributed by atoms with van der Waals surface area (Å²) < 4.78 is 5.86. The average molecular weight is 251 g/mol. The van der Waals surface area contributed by atoms with Crippen LogP contribution in [0.25, 0.3) is 0 Å². The third kappa shape index (κ3) is 5.71. The van der Waals surface area contributed by atoms with E-state index in [0.29, 0.717) is 13.0 Å². The van der Waals surface area contributed by atoms with Crippen LogP contribution in [0.15, 0.2) is 11.6 Å². The molecule has 0 fully saturated rings. The Kier molecular flexibility index (Phi) is 6.11. The molecular formula is C11H23ClO2Si. The number of halogens is 1. The summed E-state index contributed by atoms with van der Waals surface area (Å²) in [4.78, 5) is 0. The lowest BCUT2D eigenvalue weighted by Gasteiger charge is -2.36. The van der Waals surface area contributed by atoms with Crippen LogP contribution in [0.2, 0.25) is 18.1 Å². The molecule has 0 unspecified atom stereocenters. The van der Waals surface area contributed by atoms with E-state index in [2.05, 4.69) is 33.9 Å². The maximum atomic E-state index is 9.60. The molecule has 0 spiro atoms. The Morgan fingerprint density at radius 3 is 2.33 bits per heavy atom. The van der Waals surface area contributed by atoms with Crippen LogP contribution in [0.4, 0.5) is 0 Å². The molecule has 0 aromatic carbocycles. The summed E-state index contributed by atoms with van der Waals surface area (Å²) in [6.45, 7) is 11.3. The van der Waals surface area contributed by atoms with E-state index in [0.717, 1.165) is 0 Å². The van der Waals surface area contributed by atoms with Crippen LogP contribution in [-0.4, -0.2) is 26.1 Å².